The van der Waals surface area contributed by atoms with Gasteiger partial charge in [-0.05, 0) is 31.5 Å². The van der Waals surface area contributed by atoms with Gasteiger partial charge in [-0.15, -0.1) is 0 Å². The smallest absolute Gasteiger partial charge is 0.212 e. The van der Waals surface area contributed by atoms with Gasteiger partial charge in [-0.25, -0.2) is 13.1 Å². The van der Waals surface area contributed by atoms with E-state index >= 15 is 0 Å². The molecule has 1 N–H and O–H groups in total. The molecule has 0 unspecified atom stereocenters. The molecular weight excluding hydrogens is 267 g/mol. The van der Waals surface area contributed by atoms with Gasteiger partial charge in [-0.3, -0.25) is 0 Å². The van der Waals surface area contributed by atoms with Gasteiger partial charge in [0.1, 0.15) is 0 Å². The van der Waals surface area contributed by atoms with Crippen LogP contribution < -0.4 is 4.72 Å². The molecule has 0 aliphatic rings. The van der Waals surface area contributed by atoms with Gasteiger partial charge in [0.25, 0.3) is 0 Å². The Balaban J connectivity index is 2.82. The van der Waals surface area contributed by atoms with E-state index in [4.69, 9.17) is 0 Å². The maximum atomic E-state index is 12.3. The number of alkyl halides is 3. The normalized spacial score (nSPS) is 13.0. The van der Waals surface area contributed by atoms with Crippen LogP contribution in [0.25, 0.3) is 0 Å². The number of nitrogens with one attached hydrogen (secondary N) is 1. The molecule has 7 heteroatoms. The standard InChI is InChI=1S/C11H14F3NO2S/c1-8(2)15-18(16,17)7-9-3-5-10(6-4-9)11(12,13)14/h3-6,8,15H,7H2,1-2H3. The van der Waals surface area contributed by atoms with Crippen molar-refractivity contribution >= 4 is 10.0 Å². The van der Waals surface area contributed by atoms with Gasteiger partial charge in [-0.1, -0.05) is 12.1 Å². The van der Waals surface area contributed by atoms with Gasteiger partial charge < -0.3 is 0 Å². The molecule has 102 valence electrons. The summed E-state index contributed by atoms with van der Waals surface area (Å²) in [6.07, 6.45) is -4.41. The largest absolute Gasteiger partial charge is 0.416 e. The van der Waals surface area contributed by atoms with Gasteiger partial charge >= 0.3 is 6.18 Å². The molecule has 0 spiro atoms. The lowest BCUT2D eigenvalue weighted by atomic mass is 10.1. The first-order valence-electron chi connectivity index (χ1n) is 5.26. The van der Waals surface area contributed by atoms with E-state index in [9.17, 15) is 21.6 Å². The summed E-state index contributed by atoms with van der Waals surface area (Å²) >= 11 is 0. The zero-order valence-corrected chi connectivity index (χ0v) is 10.8. The minimum absolute atomic E-state index is 0.246. The zero-order valence-electron chi connectivity index (χ0n) is 9.95. The van der Waals surface area contributed by atoms with Crippen LogP contribution in [-0.2, 0) is 22.0 Å². The third kappa shape index (κ3) is 4.66. The van der Waals surface area contributed by atoms with Crippen LogP contribution in [0.15, 0.2) is 24.3 Å². The van der Waals surface area contributed by atoms with E-state index in [2.05, 4.69) is 4.72 Å². The Kier molecular flexibility index (Phi) is 4.39. The molecule has 0 aromatic heterocycles. The molecule has 0 aliphatic heterocycles. The minimum atomic E-state index is -4.41. The SMILES string of the molecule is CC(C)NS(=O)(=O)Cc1ccc(C(F)(F)F)cc1. The number of hydrogen-bond acceptors (Lipinski definition) is 2. The van der Waals surface area contributed by atoms with Crippen LogP contribution in [0.1, 0.15) is 25.0 Å². The van der Waals surface area contributed by atoms with Gasteiger partial charge in [-0.2, -0.15) is 13.2 Å². The molecule has 0 radical (unpaired) electrons. The van der Waals surface area contributed by atoms with E-state index in [-0.39, 0.29) is 11.8 Å². The maximum Gasteiger partial charge on any atom is 0.416 e. The summed E-state index contributed by atoms with van der Waals surface area (Å²) in [4.78, 5) is 0. The molecule has 0 aliphatic carbocycles. The molecule has 0 amide bonds. The van der Waals surface area contributed by atoms with Crippen molar-refractivity contribution in [3.63, 3.8) is 0 Å². The highest BCUT2D eigenvalue weighted by Gasteiger charge is 2.30. The van der Waals surface area contributed by atoms with Crippen LogP contribution in [0.5, 0.6) is 0 Å². The van der Waals surface area contributed by atoms with E-state index in [1.165, 1.54) is 12.1 Å². The van der Waals surface area contributed by atoms with Crippen LogP contribution in [0.3, 0.4) is 0 Å². The van der Waals surface area contributed by atoms with Crippen LogP contribution in [0.2, 0.25) is 0 Å². The summed E-state index contributed by atoms with van der Waals surface area (Å²) in [5, 5.41) is 0. The Morgan fingerprint density at radius 2 is 1.67 bits per heavy atom. The Morgan fingerprint density at radius 1 is 1.17 bits per heavy atom. The van der Waals surface area contributed by atoms with E-state index in [0.717, 1.165) is 12.1 Å². The topological polar surface area (TPSA) is 46.2 Å². The van der Waals surface area contributed by atoms with Crippen molar-refractivity contribution in [1.82, 2.24) is 4.72 Å². The fourth-order valence-electron chi connectivity index (χ4n) is 1.41. The van der Waals surface area contributed by atoms with Gasteiger partial charge in [0.2, 0.25) is 10.0 Å². The van der Waals surface area contributed by atoms with Crippen molar-refractivity contribution in [2.24, 2.45) is 0 Å². The number of benzene rings is 1. The molecule has 0 fully saturated rings. The highest BCUT2D eigenvalue weighted by molar-refractivity contribution is 7.88. The van der Waals surface area contributed by atoms with Crippen molar-refractivity contribution in [1.29, 1.82) is 0 Å². The quantitative estimate of drug-likeness (QED) is 0.922. The van der Waals surface area contributed by atoms with Gasteiger partial charge in [0, 0.05) is 6.04 Å². The van der Waals surface area contributed by atoms with E-state index in [1.807, 2.05) is 0 Å². The fourth-order valence-corrected chi connectivity index (χ4v) is 2.84. The summed E-state index contributed by atoms with van der Waals surface area (Å²) < 4.78 is 62.4. The molecule has 1 aromatic carbocycles. The Morgan fingerprint density at radius 3 is 2.06 bits per heavy atom. The molecule has 1 aromatic rings. The lowest BCUT2D eigenvalue weighted by molar-refractivity contribution is -0.137. The molecule has 3 nitrogen and oxygen atoms in total. The summed E-state index contributed by atoms with van der Waals surface area (Å²) in [5.41, 5.74) is -0.475. The first-order valence-corrected chi connectivity index (χ1v) is 6.91. The second-order valence-corrected chi connectivity index (χ2v) is 5.98. The number of sulfonamides is 1. The zero-order chi connectivity index (χ0) is 14.0. The molecule has 0 atom stereocenters. The highest BCUT2D eigenvalue weighted by atomic mass is 32.2. The average molecular weight is 281 g/mol. The van der Waals surface area contributed by atoms with Crippen LogP contribution in [-0.4, -0.2) is 14.5 Å². The Hall–Kier alpha value is -1.08. The summed E-state index contributed by atoms with van der Waals surface area (Å²) in [5.74, 6) is -0.330. The average Bonchev–Trinajstić information content (AvgIpc) is 2.13. The monoisotopic (exact) mass is 281 g/mol. The van der Waals surface area contributed by atoms with E-state index in [0.29, 0.717) is 5.56 Å². The summed E-state index contributed by atoms with van der Waals surface area (Å²) in [6, 6.07) is 3.84. The first-order chi connectivity index (χ1) is 8.10. The van der Waals surface area contributed by atoms with Crippen molar-refractivity contribution in [3.05, 3.63) is 35.4 Å². The van der Waals surface area contributed by atoms with Crippen molar-refractivity contribution in [2.45, 2.75) is 31.8 Å². The summed E-state index contributed by atoms with van der Waals surface area (Å²) in [7, 11) is -3.51. The Labute approximate surface area is 104 Å². The number of rotatable bonds is 4. The molecule has 1 rings (SSSR count). The van der Waals surface area contributed by atoms with Gasteiger partial charge in [0.05, 0.1) is 11.3 Å². The fraction of sp³-hybridized carbons (Fsp3) is 0.455. The van der Waals surface area contributed by atoms with Crippen LogP contribution in [0, 0.1) is 0 Å². The van der Waals surface area contributed by atoms with E-state index in [1.54, 1.807) is 13.8 Å². The van der Waals surface area contributed by atoms with E-state index < -0.39 is 21.8 Å². The van der Waals surface area contributed by atoms with Crippen LogP contribution in [0.4, 0.5) is 13.2 Å². The third-order valence-electron chi connectivity index (χ3n) is 2.05. The second kappa shape index (κ2) is 5.27. The molecule has 0 bridgehead atoms. The van der Waals surface area contributed by atoms with Crippen LogP contribution >= 0.6 is 0 Å². The minimum Gasteiger partial charge on any atom is -0.212 e. The Bertz CT molecular complexity index is 492. The first kappa shape index (κ1) is 15.0. The molecule has 0 saturated heterocycles. The van der Waals surface area contributed by atoms with Crippen molar-refractivity contribution in [3.8, 4) is 0 Å². The third-order valence-corrected chi connectivity index (χ3v) is 3.60. The molecule has 0 saturated carbocycles. The van der Waals surface area contributed by atoms with Crippen molar-refractivity contribution < 1.29 is 21.6 Å². The number of hydrogen-bond donors (Lipinski definition) is 1. The number of halogens is 3. The summed E-state index contributed by atoms with van der Waals surface area (Å²) in [6.45, 7) is 3.34. The maximum absolute atomic E-state index is 12.3. The molecule has 18 heavy (non-hydrogen) atoms. The second-order valence-electron chi connectivity index (χ2n) is 4.23. The predicted octanol–water partition coefficient (Wildman–Crippen LogP) is 2.53. The predicted molar refractivity (Wildman–Crippen MR) is 62.3 cm³/mol. The lowest BCUT2D eigenvalue weighted by Crippen LogP contribution is -2.31. The van der Waals surface area contributed by atoms with Gasteiger partial charge in [0.15, 0.2) is 0 Å². The highest BCUT2D eigenvalue weighted by Crippen LogP contribution is 2.29. The lowest BCUT2D eigenvalue weighted by Gasteiger charge is -2.10. The molecular formula is C11H14F3NO2S. The van der Waals surface area contributed by atoms with Crippen molar-refractivity contribution in [2.75, 3.05) is 0 Å². The molecule has 0 heterocycles.